The summed E-state index contributed by atoms with van der Waals surface area (Å²) in [5.74, 6) is -0.324. The molecule has 0 saturated carbocycles. The number of nitrogens with zero attached hydrogens (tertiary/aromatic N) is 3. The van der Waals surface area contributed by atoms with E-state index in [2.05, 4.69) is 16.4 Å². The van der Waals surface area contributed by atoms with Gasteiger partial charge in [-0.05, 0) is 29.2 Å². The molecule has 1 amide bonds. The van der Waals surface area contributed by atoms with Crippen LogP contribution < -0.4 is 5.32 Å². The van der Waals surface area contributed by atoms with Gasteiger partial charge in [0.1, 0.15) is 0 Å². The maximum atomic E-state index is 12.8. The molecule has 4 aromatic rings. The van der Waals surface area contributed by atoms with Crippen molar-refractivity contribution in [3.63, 3.8) is 0 Å². The first kappa shape index (κ1) is 20.0. The SMILES string of the molecule is CC(=O)NCCC(=O)n1cc(C(C#N)=Cc2cccc3cnccc23)c2ccccc21. The average molecular weight is 408 g/mol. The van der Waals surface area contributed by atoms with E-state index in [1.807, 2.05) is 54.6 Å². The van der Waals surface area contributed by atoms with E-state index in [9.17, 15) is 14.9 Å². The number of rotatable bonds is 5. The fraction of sp³-hybridized carbons (Fsp3) is 0.120. The molecule has 0 unspecified atom stereocenters. The minimum absolute atomic E-state index is 0.148. The number of carbonyl (C=O) groups is 2. The fourth-order valence-electron chi connectivity index (χ4n) is 3.67. The lowest BCUT2D eigenvalue weighted by atomic mass is 10.00. The first-order valence-corrected chi connectivity index (χ1v) is 9.91. The minimum atomic E-state index is -0.175. The summed E-state index contributed by atoms with van der Waals surface area (Å²) in [7, 11) is 0. The van der Waals surface area contributed by atoms with Crippen molar-refractivity contribution in [2.45, 2.75) is 13.3 Å². The summed E-state index contributed by atoms with van der Waals surface area (Å²) in [5.41, 5.74) is 2.80. The smallest absolute Gasteiger partial charge is 0.232 e. The number of benzene rings is 2. The van der Waals surface area contributed by atoms with Gasteiger partial charge < -0.3 is 5.32 Å². The highest BCUT2D eigenvalue weighted by molar-refractivity contribution is 6.06. The van der Waals surface area contributed by atoms with Gasteiger partial charge in [0.15, 0.2) is 0 Å². The monoisotopic (exact) mass is 408 g/mol. The average Bonchev–Trinajstić information content (AvgIpc) is 3.17. The van der Waals surface area contributed by atoms with Crippen LogP contribution >= 0.6 is 0 Å². The summed E-state index contributed by atoms with van der Waals surface area (Å²) in [6.45, 7) is 1.68. The van der Waals surface area contributed by atoms with Gasteiger partial charge >= 0.3 is 0 Å². The third-order valence-corrected chi connectivity index (χ3v) is 5.12. The second-order valence-corrected chi connectivity index (χ2v) is 7.17. The maximum Gasteiger partial charge on any atom is 0.232 e. The number of pyridine rings is 1. The second kappa shape index (κ2) is 8.64. The number of amides is 1. The van der Waals surface area contributed by atoms with Gasteiger partial charge in [-0.25, -0.2) is 0 Å². The van der Waals surface area contributed by atoms with Crippen LogP contribution in [0.15, 0.2) is 67.1 Å². The van der Waals surface area contributed by atoms with E-state index >= 15 is 0 Å². The Bertz CT molecular complexity index is 1370. The molecule has 0 aliphatic carbocycles. The molecule has 0 spiro atoms. The molecule has 0 aliphatic rings. The molecule has 152 valence electrons. The summed E-state index contributed by atoms with van der Waals surface area (Å²) < 4.78 is 1.56. The van der Waals surface area contributed by atoms with Crippen molar-refractivity contribution in [1.29, 1.82) is 5.26 Å². The number of hydrogen-bond donors (Lipinski definition) is 1. The quantitative estimate of drug-likeness (QED) is 0.495. The van der Waals surface area contributed by atoms with Crippen molar-refractivity contribution < 1.29 is 9.59 Å². The molecule has 6 nitrogen and oxygen atoms in total. The number of nitriles is 1. The van der Waals surface area contributed by atoms with Gasteiger partial charge in [-0.3, -0.25) is 19.1 Å². The van der Waals surface area contributed by atoms with Gasteiger partial charge in [0.2, 0.25) is 11.8 Å². The molecule has 0 bridgehead atoms. The first-order chi connectivity index (χ1) is 15.1. The summed E-state index contributed by atoms with van der Waals surface area (Å²) in [6, 6.07) is 17.6. The molecular weight excluding hydrogens is 388 g/mol. The molecule has 31 heavy (non-hydrogen) atoms. The Morgan fingerprint density at radius 3 is 2.77 bits per heavy atom. The highest BCUT2D eigenvalue weighted by atomic mass is 16.2. The van der Waals surface area contributed by atoms with Gasteiger partial charge in [0.05, 0.1) is 17.2 Å². The summed E-state index contributed by atoms with van der Waals surface area (Å²) in [6.07, 6.45) is 7.24. The lowest BCUT2D eigenvalue weighted by Crippen LogP contribution is -2.24. The standard InChI is InChI=1S/C25H20N4O2/c1-17(30)28-12-10-25(31)29-16-23(22-7-2-3-8-24(22)29)20(14-26)13-18-5-4-6-19-15-27-11-9-21(18)19/h2-9,11,13,15-16H,10,12H2,1H3,(H,28,30). The first-order valence-electron chi connectivity index (χ1n) is 9.91. The number of aromatic nitrogens is 2. The van der Waals surface area contributed by atoms with Crippen LogP contribution in [-0.4, -0.2) is 27.9 Å². The van der Waals surface area contributed by atoms with E-state index in [0.717, 1.165) is 27.2 Å². The largest absolute Gasteiger partial charge is 0.356 e. The van der Waals surface area contributed by atoms with Gasteiger partial charge in [0, 0.05) is 54.8 Å². The van der Waals surface area contributed by atoms with Crippen molar-refractivity contribution in [1.82, 2.24) is 14.9 Å². The summed E-state index contributed by atoms with van der Waals surface area (Å²) in [5, 5.41) is 15.4. The van der Waals surface area contributed by atoms with Crippen LogP contribution in [0.2, 0.25) is 0 Å². The second-order valence-electron chi connectivity index (χ2n) is 7.17. The van der Waals surface area contributed by atoms with Gasteiger partial charge in [-0.15, -0.1) is 0 Å². The number of para-hydroxylation sites is 1. The van der Waals surface area contributed by atoms with Crippen molar-refractivity contribution in [3.05, 3.63) is 78.2 Å². The molecule has 0 saturated heterocycles. The molecule has 2 aromatic heterocycles. The Labute approximate surface area is 179 Å². The zero-order chi connectivity index (χ0) is 21.8. The maximum absolute atomic E-state index is 12.8. The highest BCUT2D eigenvalue weighted by Crippen LogP contribution is 2.30. The predicted octanol–water partition coefficient (Wildman–Crippen LogP) is 4.42. The molecule has 2 aromatic carbocycles. The van der Waals surface area contributed by atoms with E-state index in [4.69, 9.17) is 0 Å². The molecule has 0 fully saturated rings. The van der Waals surface area contributed by atoms with E-state index in [0.29, 0.717) is 11.1 Å². The normalized spacial score (nSPS) is 11.4. The lowest BCUT2D eigenvalue weighted by Gasteiger charge is -2.04. The Balaban J connectivity index is 1.79. The van der Waals surface area contributed by atoms with Gasteiger partial charge in [-0.2, -0.15) is 5.26 Å². The molecule has 0 aliphatic heterocycles. The van der Waals surface area contributed by atoms with E-state index in [1.54, 1.807) is 23.2 Å². The molecule has 4 rings (SSSR count). The molecule has 0 atom stereocenters. The van der Waals surface area contributed by atoms with Crippen molar-refractivity contribution in [3.8, 4) is 6.07 Å². The predicted molar refractivity (Wildman–Crippen MR) is 121 cm³/mol. The zero-order valence-corrected chi connectivity index (χ0v) is 17.0. The molecule has 0 radical (unpaired) electrons. The minimum Gasteiger partial charge on any atom is -0.356 e. The molecular formula is C25H20N4O2. The van der Waals surface area contributed by atoms with E-state index in [1.165, 1.54) is 6.92 Å². The molecule has 1 N–H and O–H groups in total. The highest BCUT2D eigenvalue weighted by Gasteiger charge is 2.16. The molecule has 6 heteroatoms. The van der Waals surface area contributed by atoms with Crippen LogP contribution in [0.1, 0.15) is 29.3 Å². The van der Waals surface area contributed by atoms with Gasteiger partial charge in [0.25, 0.3) is 0 Å². The van der Waals surface area contributed by atoms with Crippen molar-refractivity contribution in [2.24, 2.45) is 0 Å². The van der Waals surface area contributed by atoms with E-state index < -0.39 is 0 Å². The number of nitrogens with one attached hydrogen (secondary N) is 1. The van der Waals surface area contributed by atoms with Crippen molar-refractivity contribution in [2.75, 3.05) is 6.54 Å². The van der Waals surface area contributed by atoms with Gasteiger partial charge in [-0.1, -0.05) is 36.4 Å². The Morgan fingerprint density at radius 2 is 1.97 bits per heavy atom. The number of allylic oxidation sites excluding steroid dienone is 1. The van der Waals surface area contributed by atoms with Crippen LogP contribution in [0.4, 0.5) is 0 Å². The van der Waals surface area contributed by atoms with Crippen molar-refractivity contribution >= 4 is 45.1 Å². The Kier molecular flexibility index (Phi) is 5.59. The zero-order valence-electron chi connectivity index (χ0n) is 17.0. The van der Waals surface area contributed by atoms with Crippen LogP contribution in [0.5, 0.6) is 0 Å². The number of hydrogen-bond acceptors (Lipinski definition) is 4. The third-order valence-electron chi connectivity index (χ3n) is 5.12. The summed E-state index contributed by atoms with van der Waals surface area (Å²) >= 11 is 0. The Hall–Kier alpha value is -4.24. The summed E-state index contributed by atoms with van der Waals surface area (Å²) in [4.78, 5) is 28.1. The van der Waals surface area contributed by atoms with Crippen LogP contribution in [0.3, 0.4) is 0 Å². The van der Waals surface area contributed by atoms with Crippen LogP contribution in [0.25, 0.3) is 33.3 Å². The van der Waals surface area contributed by atoms with Crippen LogP contribution in [-0.2, 0) is 4.79 Å². The fourth-order valence-corrected chi connectivity index (χ4v) is 3.67. The molecule has 2 heterocycles. The Morgan fingerprint density at radius 1 is 1.13 bits per heavy atom. The van der Waals surface area contributed by atoms with E-state index in [-0.39, 0.29) is 24.8 Å². The third kappa shape index (κ3) is 4.07. The topological polar surface area (TPSA) is 87.8 Å². The lowest BCUT2D eigenvalue weighted by molar-refractivity contribution is -0.118. The number of fused-ring (bicyclic) bond motifs is 2. The van der Waals surface area contributed by atoms with Crippen LogP contribution in [0, 0.1) is 11.3 Å². The number of carbonyl (C=O) groups excluding carboxylic acids is 2.